The molecule has 4 rings (SSSR count). The Labute approximate surface area is 163 Å². The Morgan fingerprint density at radius 3 is 2.93 bits per heavy atom. The first-order chi connectivity index (χ1) is 13.6. The fraction of sp³-hybridized carbons (Fsp3) is 0.368. The van der Waals surface area contributed by atoms with Crippen molar-refractivity contribution < 1.29 is 4.79 Å². The topological polar surface area (TPSA) is 92.9 Å². The van der Waals surface area contributed by atoms with E-state index in [2.05, 4.69) is 37.0 Å². The number of urea groups is 1. The van der Waals surface area contributed by atoms with E-state index in [1.165, 1.54) is 0 Å². The maximum Gasteiger partial charge on any atom is 0.319 e. The molecule has 28 heavy (non-hydrogen) atoms. The van der Waals surface area contributed by atoms with Crippen molar-refractivity contribution in [1.82, 2.24) is 30.1 Å². The first kappa shape index (κ1) is 18.0. The number of benzene rings is 1. The third-order valence-corrected chi connectivity index (χ3v) is 4.85. The Bertz CT molecular complexity index is 949. The molecule has 2 aromatic heterocycles. The molecule has 3 aromatic rings. The second-order valence-electron chi connectivity index (χ2n) is 7.05. The monoisotopic (exact) mass is 380 g/mol. The van der Waals surface area contributed by atoms with E-state index >= 15 is 0 Å². The van der Waals surface area contributed by atoms with Crippen molar-refractivity contribution in [2.45, 2.75) is 25.8 Å². The van der Waals surface area contributed by atoms with Crippen molar-refractivity contribution in [2.75, 3.05) is 23.3 Å². The smallest absolute Gasteiger partial charge is 0.319 e. The fourth-order valence-electron chi connectivity index (χ4n) is 3.62. The van der Waals surface area contributed by atoms with Gasteiger partial charge in [0.15, 0.2) is 0 Å². The Balaban J connectivity index is 1.37. The van der Waals surface area contributed by atoms with Gasteiger partial charge in [0.1, 0.15) is 5.82 Å². The van der Waals surface area contributed by atoms with Crippen LogP contribution in [0.5, 0.6) is 0 Å². The van der Waals surface area contributed by atoms with Crippen LogP contribution >= 0.6 is 0 Å². The van der Waals surface area contributed by atoms with Gasteiger partial charge in [-0.15, -0.1) is 5.10 Å². The number of piperidine rings is 1. The molecule has 2 amide bonds. The molecular formula is C19H24N8O. The molecule has 0 bridgehead atoms. The van der Waals surface area contributed by atoms with Crippen molar-refractivity contribution in [1.29, 1.82) is 0 Å². The molecule has 9 heteroatoms. The van der Waals surface area contributed by atoms with Gasteiger partial charge in [0.05, 0.1) is 23.8 Å². The van der Waals surface area contributed by atoms with Gasteiger partial charge in [0.2, 0.25) is 0 Å². The highest BCUT2D eigenvalue weighted by atomic mass is 16.2. The normalized spacial score (nSPS) is 16.8. The predicted molar refractivity (Wildman–Crippen MR) is 107 cm³/mol. The van der Waals surface area contributed by atoms with Gasteiger partial charge in [-0.2, -0.15) is 5.10 Å². The lowest BCUT2D eigenvalue weighted by atomic mass is 10.1. The molecule has 1 fully saturated rings. The van der Waals surface area contributed by atoms with E-state index in [9.17, 15) is 4.79 Å². The molecule has 0 aliphatic carbocycles. The number of aromatic nitrogens is 5. The van der Waals surface area contributed by atoms with Crippen LogP contribution in [0.25, 0.3) is 5.69 Å². The van der Waals surface area contributed by atoms with E-state index in [0.717, 1.165) is 43.1 Å². The SMILES string of the molecule is Cc1cc(N2CCCC(NC(=O)Nc3cccc(-n4ccnn4)c3)C2)n(C)n1. The van der Waals surface area contributed by atoms with E-state index < -0.39 is 0 Å². The molecule has 0 saturated carbocycles. The van der Waals surface area contributed by atoms with Gasteiger partial charge in [-0.1, -0.05) is 11.3 Å². The van der Waals surface area contributed by atoms with Gasteiger partial charge in [0, 0.05) is 37.9 Å². The quantitative estimate of drug-likeness (QED) is 0.723. The number of nitrogens with one attached hydrogen (secondary N) is 2. The molecule has 0 spiro atoms. The molecule has 1 aromatic carbocycles. The average molecular weight is 380 g/mol. The highest BCUT2D eigenvalue weighted by molar-refractivity contribution is 5.89. The van der Waals surface area contributed by atoms with Crippen molar-refractivity contribution in [3.8, 4) is 5.69 Å². The number of aryl methyl sites for hydroxylation is 2. The summed E-state index contributed by atoms with van der Waals surface area (Å²) >= 11 is 0. The van der Waals surface area contributed by atoms with Crippen LogP contribution in [0.3, 0.4) is 0 Å². The summed E-state index contributed by atoms with van der Waals surface area (Å²) < 4.78 is 3.55. The first-order valence-corrected chi connectivity index (χ1v) is 9.38. The van der Waals surface area contributed by atoms with E-state index in [-0.39, 0.29) is 12.1 Å². The molecule has 1 aliphatic rings. The minimum Gasteiger partial charge on any atom is -0.355 e. The lowest BCUT2D eigenvalue weighted by Crippen LogP contribution is -2.49. The minimum atomic E-state index is -0.205. The van der Waals surface area contributed by atoms with Crippen molar-refractivity contribution in [2.24, 2.45) is 7.05 Å². The number of rotatable bonds is 4. The summed E-state index contributed by atoms with van der Waals surface area (Å²) in [6.45, 7) is 3.73. The van der Waals surface area contributed by atoms with E-state index in [0.29, 0.717) is 5.69 Å². The van der Waals surface area contributed by atoms with Gasteiger partial charge in [-0.25, -0.2) is 9.48 Å². The first-order valence-electron chi connectivity index (χ1n) is 9.38. The zero-order valence-corrected chi connectivity index (χ0v) is 16.0. The highest BCUT2D eigenvalue weighted by Crippen LogP contribution is 2.20. The predicted octanol–water partition coefficient (Wildman–Crippen LogP) is 2.10. The van der Waals surface area contributed by atoms with Crippen LogP contribution in [-0.2, 0) is 7.05 Å². The summed E-state index contributed by atoms with van der Waals surface area (Å²) in [6.07, 6.45) is 5.36. The van der Waals surface area contributed by atoms with Crippen LogP contribution < -0.4 is 15.5 Å². The fourth-order valence-corrected chi connectivity index (χ4v) is 3.62. The Kier molecular flexibility index (Phi) is 4.96. The summed E-state index contributed by atoms with van der Waals surface area (Å²) in [6, 6.07) is 9.46. The van der Waals surface area contributed by atoms with Gasteiger partial charge in [-0.05, 0) is 38.0 Å². The lowest BCUT2D eigenvalue weighted by molar-refractivity contribution is 0.246. The number of carbonyl (C=O) groups excluding carboxylic acids is 1. The van der Waals surface area contributed by atoms with Crippen LogP contribution in [0.4, 0.5) is 16.3 Å². The van der Waals surface area contributed by atoms with Crippen LogP contribution in [-0.4, -0.2) is 49.9 Å². The molecule has 1 saturated heterocycles. The average Bonchev–Trinajstić information content (AvgIpc) is 3.32. The number of hydrogen-bond donors (Lipinski definition) is 2. The number of carbonyl (C=O) groups is 1. The molecule has 146 valence electrons. The molecule has 3 heterocycles. The summed E-state index contributed by atoms with van der Waals surface area (Å²) in [5.41, 5.74) is 2.55. The molecule has 9 nitrogen and oxygen atoms in total. The van der Waals surface area contributed by atoms with Gasteiger partial charge < -0.3 is 15.5 Å². The summed E-state index contributed by atoms with van der Waals surface area (Å²) in [5, 5.41) is 18.2. The standard InChI is InChI=1S/C19H24N8O/c1-14-11-18(25(2)23-14)26-9-4-6-16(13-26)22-19(28)21-15-5-3-7-17(12-15)27-10-8-20-24-27/h3,5,7-8,10-12,16H,4,6,9,13H2,1-2H3,(H2,21,22,28). The van der Waals surface area contributed by atoms with Crippen molar-refractivity contribution in [3.05, 3.63) is 48.4 Å². The summed E-state index contributed by atoms with van der Waals surface area (Å²) in [4.78, 5) is 14.8. The molecule has 1 aliphatic heterocycles. The van der Waals surface area contributed by atoms with E-state index in [4.69, 9.17) is 0 Å². The maximum atomic E-state index is 12.5. The molecule has 1 atom stereocenters. The summed E-state index contributed by atoms with van der Waals surface area (Å²) in [7, 11) is 1.95. The lowest BCUT2D eigenvalue weighted by Gasteiger charge is -2.34. The maximum absolute atomic E-state index is 12.5. The molecule has 1 unspecified atom stereocenters. The third-order valence-electron chi connectivity index (χ3n) is 4.85. The minimum absolute atomic E-state index is 0.0856. The van der Waals surface area contributed by atoms with Gasteiger partial charge in [-0.3, -0.25) is 4.68 Å². The Morgan fingerprint density at radius 1 is 1.29 bits per heavy atom. The molecular weight excluding hydrogens is 356 g/mol. The second-order valence-corrected chi connectivity index (χ2v) is 7.05. The van der Waals surface area contributed by atoms with Crippen LogP contribution in [0.2, 0.25) is 0 Å². The van der Waals surface area contributed by atoms with Crippen molar-refractivity contribution in [3.63, 3.8) is 0 Å². The van der Waals surface area contributed by atoms with Crippen molar-refractivity contribution >= 4 is 17.5 Å². The zero-order chi connectivity index (χ0) is 19.5. The number of nitrogens with zero attached hydrogens (tertiary/aromatic N) is 6. The zero-order valence-electron chi connectivity index (χ0n) is 16.0. The highest BCUT2D eigenvalue weighted by Gasteiger charge is 2.23. The van der Waals surface area contributed by atoms with Crippen LogP contribution in [0, 0.1) is 6.92 Å². The van der Waals surface area contributed by atoms with Gasteiger partial charge >= 0.3 is 6.03 Å². The third kappa shape index (κ3) is 3.98. The number of hydrogen-bond acceptors (Lipinski definition) is 5. The van der Waals surface area contributed by atoms with Crippen LogP contribution in [0.1, 0.15) is 18.5 Å². The summed E-state index contributed by atoms with van der Waals surface area (Å²) in [5.74, 6) is 1.09. The molecule has 0 radical (unpaired) electrons. The van der Waals surface area contributed by atoms with Crippen LogP contribution in [0.15, 0.2) is 42.7 Å². The Hall–Kier alpha value is -3.36. The Morgan fingerprint density at radius 2 is 2.18 bits per heavy atom. The second kappa shape index (κ2) is 7.71. The van der Waals surface area contributed by atoms with E-state index in [1.807, 2.05) is 42.9 Å². The largest absolute Gasteiger partial charge is 0.355 e. The molecule has 2 N–H and O–H groups in total. The van der Waals surface area contributed by atoms with Gasteiger partial charge in [0.25, 0.3) is 0 Å². The number of amides is 2. The number of anilines is 2. The van der Waals surface area contributed by atoms with E-state index in [1.54, 1.807) is 17.1 Å².